The van der Waals surface area contributed by atoms with Crippen molar-refractivity contribution in [2.45, 2.75) is 45.2 Å². The van der Waals surface area contributed by atoms with Crippen molar-refractivity contribution in [3.63, 3.8) is 0 Å². The van der Waals surface area contributed by atoms with E-state index in [-0.39, 0.29) is 0 Å². The molecule has 19 heavy (non-hydrogen) atoms. The zero-order chi connectivity index (χ0) is 13.1. The fraction of sp³-hybridized carbons (Fsp3) is 0.438. The zero-order valence-electron chi connectivity index (χ0n) is 11.3. The van der Waals surface area contributed by atoms with E-state index in [1.807, 2.05) is 6.07 Å². The van der Waals surface area contributed by atoms with Gasteiger partial charge in [0.25, 0.3) is 0 Å². The highest BCUT2D eigenvalue weighted by Gasteiger charge is 2.10. The molecule has 1 aliphatic rings. The molecule has 0 atom stereocenters. The Hall–Kier alpha value is -1.61. The van der Waals surface area contributed by atoms with Gasteiger partial charge in [-0.3, -0.25) is 0 Å². The molecule has 0 saturated carbocycles. The lowest BCUT2D eigenvalue weighted by Crippen LogP contribution is -2.09. The number of nitrogens with zero attached hydrogens (tertiary/aromatic N) is 2. The van der Waals surface area contributed by atoms with Crippen LogP contribution in [0, 0.1) is 0 Å². The maximum absolute atomic E-state index is 5.83. The summed E-state index contributed by atoms with van der Waals surface area (Å²) in [7, 11) is 0. The Morgan fingerprint density at radius 3 is 2.89 bits per heavy atom. The average molecular weight is 255 g/mol. The van der Waals surface area contributed by atoms with Crippen LogP contribution in [0.1, 0.15) is 37.9 Å². The van der Waals surface area contributed by atoms with Crippen LogP contribution in [0.4, 0.5) is 0 Å². The molecule has 3 heteroatoms. The fourth-order valence-electron chi connectivity index (χ4n) is 2.92. The van der Waals surface area contributed by atoms with E-state index in [0.717, 1.165) is 24.3 Å². The van der Waals surface area contributed by atoms with Crippen LogP contribution in [0.15, 0.2) is 35.9 Å². The third kappa shape index (κ3) is 2.56. The molecule has 100 valence electrons. The van der Waals surface area contributed by atoms with Crippen molar-refractivity contribution in [2.24, 2.45) is 5.73 Å². The van der Waals surface area contributed by atoms with E-state index in [1.165, 1.54) is 31.2 Å². The van der Waals surface area contributed by atoms with Gasteiger partial charge in [0.1, 0.15) is 5.82 Å². The summed E-state index contributed by atoms with van der Waals surface area (Å²) in [5.41, 5.74) is 9.69. The van der Waals surface area contributed by atoms with Crippen molar-refractivity contribution < 1.29 is 0 Å². The van der Waals surface area contributed by atoms with Crippen LogP contribution < -0.4 is 5.73 Å². The van der Waals surface area contributed by atoms with Crippen molar-refractivity contribution in [2.75, 3.05) is 0 Å². The van der Waals surface area contributed by atoms with E-state index in [1.54, 1.807) is 5.57 Å². The van der Waals surface area contributed by atoms with Crippen molar-refractivity contribution in [1.82, 2.24) is 9.55 Å². The summed E-state index contributed by atoms with van der Waals surface area (Å²) in [4.78, 5) is 4.61. The van der Waals surface area contributed by atoms with Crippen LogP contribution in [0.3, 0.4) is 0 Å². The lowest BCUT2D eigenvalue weighted by Gasteiger charge is -2.14. The third-order valence-corrected chi connectivity index (χ3v) is 3.96. The molecule has 3 rings (SSSR count). The van der Waals surface area contributed by atoms with E-state index >= 15 is 0 Å². The molecule has 1 heterocycles. The van der Waals surface area contributed by atoms with E-state index < -0.39 is 0 Å². The number of para-hydroxylation sites is 2. The first-order valence-corrected chi connectivity index (χ1v) is 7.20. The number of nitrogens with two attached hydrogens (primary N) is 1. The lowest BCUT2D eigenvalue weighted by molar-refractivity contribution is 0.616. The van der Waals surface area contributed by atoms with Crippen LogP contribution >= 0.6 is 0 Å². The fourth-order valence-corrected chi connectivity index (χ4v) is 2.92. The minimum Gasteiger partial charge on any atom is -0.327 e. The standard InChI is InChI=1S/C16H21N3/c17-12-16-18-14-8-4-5-9-15(14)19(16)11-10-13-6-2-1-3-7-13/h4-6,8-9H,1-3,7,10-12,17H2. The summed E-state index contributed by atoms with van der Waals surface area (Å²) in [6.45, 7) is 1.51. The molecule has 0 amide bonds. The molecule has 0 spiro atoms. The maximum atomic E-state index is 5.83. The summed E-state index contributed by atoms with van der Waals surface area (Å²) < 4.78 is 2.28. The summed E-state index contributed by atoms with van der Waals surface area (Å²) >= 11 is 0. The van der Waals surface area contributed by atoms with Crippen LogP contribution in [0.5, 0.6) is 0 Å². The molecule has 0 saturated heterocycles. The predicted octanol–water partition coefficient (Wildman–Crippen LogP) is 3.39. The van der Waals surface area contributed by atoms with Crippen molar-refractivity contribution >= 4 is 11.0 Å². The first-order chi connectivity index (χ1) is 9.38. The Labute approximate surface area is 114 Å². The Morgan fingerprint density at radius 2 is 2.11 bits per heavy atom. The molecule has 2 N–H and O–H groups in total. The van der Waals surface area contributed by atoms with Gasteiger partial charge < -0.3 is 10.3 Å². The highest BCUT2D eigenvalue weighted by Crippen LogP contribution is 2.22. The van der Waals surface area contributed by atoms with Gasteiger partial charge >= 0.3 is 0 Å². The molecule has 1 aliphatic carbocycles. The molecule has 0 radical (unpaired) electrons. The predicted molar refractivity (Wildman–Crippen MR) is 78.8 cm³/mol. The van der Waals surface area contributed by atoms with E-state index in [2.05, 4.69) is 33.8 Å². The molecule has 0 bridgehead atoms. The molecule has 0 unspecified atom stereocenters. The monoisotopic (exact) mass is 255 g/mol. The van der Waals surface area contributed by atoms with Crippen molar-refractivity contribution in [1.29, 1.82) is 0 Å². The number of rotatable bonds is 4. The summed E-state index contributed by atoms with van der Waals surface area (Å²) in [5, 5.41) is 0. The molecular formula is C16H21N3. The number of benzene rings is 1. The summed E-state index contributed by atoms with van der Waals surface area (Å²) in [5.74, 6) is 0.998. The number of fused-ring (bicyclic) bond motifs is 1. The average Bonchev–Trinajstić information content (AvgIpc) is 2.84. The van der Waals surface area contributed by atoms with E-state index in [4.69, 9.17) is 5.73 Å². The SMILES string of the molecule is NCc1nc2ccccc2n1CCC1=CCCCC1. The summed E-state index contributed by atoms with van der Waals surface area (Å²) in [6.07, 6.45) is 8.78. The number of aromatic nitrogens is 2. The first-order valence-electron chi connectivity index (χ1n) is 7.20. The zero-order valence-corrected chi connectivity index (χ0v) is 11.3. The van der Waals surface area contributed by atoms with Gasteiger partial charge in [0.2, 0.25) is 0 Å². The number of hydrogen-bond acceptors (Lipinski definition) is 2. The largest absolute Gasteiger partial charge is 0.327 e. The Bertz CT molecular complexity index is 595. The second-order valence-electron chi connectivity index (χ2n) is 5.23. The quantitative estimate of drug-likeness (QED) is 0.851. The number of hydrogen-bond donors (Lipinski definition) is 1. The molecule has 0 fully saturated rings. The van der Waals surface area contributed by atoms with Crippen molar-refractivity contribution in [3.8, 4) is 0 Å². The lowest BCUT2D eigenvalue weighted by atomic mass is 9.97. The molecule has 3 nitrogen and oxygen atoms in total. The molecule has 2 aromatic rings. The second-order valence-corrected chi connectivity index (χ2v) is 5.23. The van der Waals surface area contributed by atoms with Gasteiger partial charge in [0, 0.05) is 6.54 Å². The number of allylic oxidation sites excluding steroid dienone is 2. The van der Waals surface area contributed by atoms with E-state index in [0.29, 0.717) is 6.54 Å². The Kier molecular flexibility index (Phi) is 3.65. The molecule has 0 aliphatic heterocycles. The van der Waals surface area contributed by atoms with Gasteiger partial charge in [0.15, 0.2) is 0 Å². The van der Waals surface area contributed by atoms with E-state index in [9.17, 15) is 0 Å². The smallest absolute Gasteiger partial charge is 0.123 e. The highest BCUT2D eigenvalue weighted by atomic mass is 15.1. The van der Waals surface area contributed by atoms with Gasteiger partial charge in [0.05, 0.1) is 17.6 Å². The second kappa shape index (κ2) is 5.57. The molecule has 1 aromatic carbocycles. The topological polar surface area (TPSA) is 43.8 Å². The molecule has 1 aromatic heterocycles. The normalized spacial score (nSPS) is 15.7. The number of imidazole rings is 1. The van der Waals surface area contributed by atoms with Gasteiger partial charge in [-0.1, -0.05) is 23.8 Å². The third-order valence-electron chi connectivity index (χ3n) is 3.96. The molecular weight excluding hydrogens is 234 g/mol. The Morgan fingerprint density at radius 1 is 1.21 bits per heavy atom. The number of aryl methyl sites for hydroxylation is 1. The van der Waals surface area contributed by atoms with Gasteiger partial charge in [-0.25, -0.2) is 4.98 Å². The van der Waals surface area contributed by atoms with Crippen LogP contribution in [0.2, 0.25) is 0 Å². The minimum absolute atomic E-state index is 0.508. The van der Waals surface area contributed by atoms with Gasteiger partial charge in [-0.05, 0) is 44.2 Å². The van der Waals surface area contributed by atoms with Crippen LogP contribution in [-0.2, 0) is 13.1 Å². The Balaban J connectivity index is 1.84. The van der Waals surface area contributed by atoms with Gasteiger partial charge in [-0.15, -0.1) is 0 Å². The van der Waals surface area contributed by atoms with Crippen LogP contribution in [-0.4, -0.2) is 9.55 Å². The maximum Gasteiger partial charge on any atom is 0.123 e. The summed E-state index contributed by atoms with van der Waals surface area (Å²) in [6, 6.07) is 8.30. The highest BCUT2D eigenvalue weighted by molar-refractivity contribution is 5.75. The van der Waals surface area contributed by atoms with Crippen LogP contribution in [0.25, 0.3) is 11.0 Å². The van der Waals surface area contributed by atoms with Crippen molar-refractivity contribution in [3.05, 3.63) is 41.7 Å². The first kappa shape index (κ1) is 12.4. The minimum atomic E-state index is 0.508. The van der Waals surface area contributed by atoms with Gasteiger partial charge in [-0.2, -0.15) is 0 Å².